The molecule has 0 saturated heterocycles. The third kappa shape index (κ3) is 3.71. The number of phenolic OH excluding ortho intramolecular Hbond substituents is 1. The Morgan fingerprint density at radius 1 is 1.44 bits per heavy atom. The second kappa shape index (κ2) is 5.83. The zero-order valence-electron chi connectivity index (χ0n) is 10.2. The van der Waals surface area contributed by atoms with Crippen molar-refractivity contribution in [3.05, 3.63) is 24.3 Å². The van der Waals surface area contributed by atoms with Gasteiger partial charge in [0, 0.05) is 6.54 Å². The van der Waals surface area contributed by atoms with Crippen LogP contribution in [0.25, 0.3) is 0 Å². The van der Waals surface area contributed by atoms with Crippen molar-refractivity contribution < 1.29 is 18.3 Å². The molecule has 0 radical (unpaired) electrons. The fourth-order valence-corrected chi connectivity index (χ4v) is 2.57. The zero-order chi connectivity index (χ0) is 13.8. The summed E-state index contributed by atoms with van der Waals surface area (Å²) in [7, 11) is -3.82. The van der Waals surface area contributed by atoms with Gasteiger partial charge in [-0.1, -0.05) is 6.07 Å². The number of amides is 1. The highest BCUT2D eigenvalue weighted by Crippen LogP contribution is 2.15. The van der Waals surface area contributed by atoms with Gasteiger partial charge >= 0.3 is 0 Å². The topological polar surface area (TPSA) is 95.5 Å². The quantitative estimate of drug-likeness (QED) is 0.713. The first kappa shape index (κ1) is 14.5. The van der Waals surface area contributed by atoms with Crippen LogP contribution in [0.2, 0.25) is 0 Å². The predicted octanol–water partition coefficient (Wildman–Crippen LogP) is 0.195. The first-order chi connectivity index (χ1) is 8.36. The molecule has 0 saturated carbocycles. The molecule has 0 aliphatic rings. The van der Waals surface area contributed by atoms with Gasteiger partial charge in [-0.2, -0.15) is 4.72 Å². The van der Waals surface area contributed by atoms with Crippen molar-refractivity contribution in [1.82, 2.24) is 10.0 Å². The lowest BCUT2D eigenvalue weighted by molar-refractivity contribution is -0.122. The highest BCUT2D eigenvalue weighted by Gasteiger charge is 2.21. The van der Waals surface area contributed by atoms with Crippen LogP contribution >= 0.6 is 0 Å². The Morgan fingerprint density at radius 2 is 2.11 bits per heavy atom. The van der Waals surface area contributed by atoms with Gasteiger partial charge in [0.2, 0.25) is 15.9 Å². The monoisotopic (exact) mass is 272 g/mol. The summed E-state index contributed by atoms with van der Waals surface area (Å²) in [5.41, 5.74) is 0. The number of sulfonamides is 1. The molecular formula is C11H16N2O4S. The molecule has 7 heteroatoms. The second-order valence-electron chi connectivity index (χ2n) is 3.73. The summed E-state index contributed by atoms with van der Waals surface area (Å²) in [6.45, 7) is 3.62. The third-order valence-electron chi connectivity index (χ3n) is 2.20. The van der Waals surface area contributed by atoms with Crippen molar-refractivity contribution in [3.63, 3.8) is 0 Å². The molecule has 1 atom stereocenters. The molecule has 0 spiro atoms. The lowest BCUT2D eigenvalue weighted by atomic mass is 10.3. The van der Waals surface area contributed by atoms with E-state index in [2.05, 4.69) is 10.0 Å². The first-order valence-electron chi connectivity index (χ1n) is 5.46. The molecule has 0 aliphatic carbocycles. The Hall–Kier alpha value is -1.60. The minimum atomic E-state index is -3.82. The Kier molecular flexibility index (Phi) is 4.69. The number of hydrogen-bond donors (Lipinski definition) is 3. The van der Waals surface area contributed by atoms with Gasteiger partial charge in [-0.25, -0.2) is 8.42 Å². The number of benzene rings is 1. The zero-order valence-corrected chi connectivity index (χ0v) is 11.0. The van der Waals surface area contributed by atoms with E-state index in [1.165, 1.54) is 25.1 Å². The maximum Gasteiger partial charge on any atom is 0.241 e. The predicted molar refractivity (Wildman–Crippen MR) is 66.6 cm³/mol. The number of hydrogen-bond acceptors (Lipinski definition) is 4. The van der Waals surface area contributed by atoms with Gasteiger partial charge in [0.25, 0.3) is 0 Å². The standard InChI is InChI=1S/C11H16N2O4S/c1-3-12-11(15)8(2)13-18(16,17)10-6-4-5-9(14)7-10/h4-8,13-14H,3H2,1-2H3,(H,12,15). The van der Waals surface area contributed by atoms with Crippen LogP contribution in [0.15, 0.2) is 29.2 Å². The van der Waals surface area contributed by atoms with Gasteiger partial charge in [-0.15, -0.1) is 0 Å². The number of phenols is 1. The Bertz CT molecular complexity index is 528. The van der Waals surface area contributed by atoms with E-state index in [-0.39, 0.29) is 10.6 Å². The van der Waals surface area contributed by atoms with Crippen molar-refractivity contribution in [2.75, 3.05) is 6.54 Å². The van der Waals surface area contributed by atoms with Crippen LogP contribution < -0.4 is 10.0 Å². The molecule has 3 N–H and O–H groups in total. The van der Waals surface area contributed by atoms with Gasteiger partial charge in [-0.3, -0.25) is 4.79 Å². The van der Waals surface area contributed by atoms with E-state index in [0.29, 0.717) is 6.54 Å². The summed E-state index contributed by atoms with van der Waals surface area (Å²) in [5, 5.41) is 11.7. The summed E-state index contributed by atoms with van der Waals surface area (Å²) in [6, 6.07) is 4.36. The normalized spacial score (nSPS) is 13.0. The number of nitrogens with one attached hydrogen (secondary N) is 2. The van der Waals surface area contributed by atoms with Gasteiger partial charge in [0.1, 0.15) is 5.75 Å². The summed E-state index contributed by atoms with van der Waals surface area (Å²) in [4.78, 5) is 11.3. The molecule has 0 heterocycles. The van der Waals surface area contributed by atoms with Crippen LogP contribution in [0.1, 0.15) is 13.8 Å². The van der Waals surface area contributed by atoms with E-state index >= 15 is 0 Å². The Morgan fingerprint density at radius 3 is 2.67 bits per heavy atom. The molecule has 1 rings (SSSR count). The van der Waals surface area contributed by atoms with Crippen molar-refractivity contribution in [2.45, 2.75) is 24.8 Å². The molecule has 18 heavy (non-hydrogen) atoms. The number of carbonyl (C=O) groups excluding carboxylic acids is 1. The van der Waals surface area contributed by atoms with Gasteiger partial charge in [-0.05, 0) is 32.0 Å². The average molecular weight is 272 g/mol. The van der Waals surface area contributed by atoms with E-state index in [9.17, 15) is 18.3 Å². The summed E-state index contributed by atoms with van der Waals surface area (Å²) in [6.07, 6.45) is 0. The maximum absolute atomic E-state index is 11.9. The van der Waals surface area contributed by atoms with Crippen molar-refractivity contribution >= 4 is 15.9 Å². The van der Waals surface area contributed by atoms with E-state index in [1.54, 1.807) is 6.92 Å². The number of aromatic hydroxyl groups is 1. The van der Waals surface area contributed by atoms with Crippen LogP contribution in [0, 0.1) is 0 Å². The lowest BCUT2D eigenvalue weighted by Crippen LogP contribution is -2.44. The Balaban J connectivity index is 2.86. The number of carbonyl (C=O) groups is 1. The van der Waals surface area contributed by atoms with E-state index in [1.807, 2.05) is 0 Å². The second-order valence-corrected chi connectivity index (χ2v) is 5.45. The van der Waals surface area contributed by atoms with Crippen LogP contribution in [-0.2, 0) is 14.8 Å². The fraction of sp³-hybridized carbons (Fsp3) is 0.364. The Labute approximate surface area is 106 Å². The van der Waals surface area contributed by atoms with Crippen LogP contribution in [0.3, 0.4) is 0 Å². The SMILES string of the molecule is CCNC(=O)C(C)NS(=O)(=O)c1cccc(O)c1. The van der Waals surface area contributed by atoms with Gasteiger partial charge in [0.15, 0.2) is 0 Å². The van der Waals surface area contributed by atoms with E-state index in [0.717, 1.165) is 6.07 Å². The molecule has 0 fully saturated rings. The molecule has 1 amide bonds. The first-order valence-corrected chi connectivity index (χ1v) is 6.94. The third-order valence-corrected chi connectivity index (χ3v) is 3.74. The molecule has 0 bridgehead atoms. The van der Waals surface area contributed by atoms with Crippen molar-refractivity contribution in [3.8, 4) is 5.75 Å². The van der Waals surface area contributed by atoms with Crippen LogP contribution in [0.5, 0.6) is 5.75 Å². The maximum atomic E-state index is 11.9. The average Bonchev–Trinajstić information content (AvgIpc) is 2.28. The summed E-state index contributed by atoms with van der Waals surface area (Å²) >= 11 is 0. The molecule has 100 valence electrons. The summed E-state index contributed by atoms with van der Waals surface area (Å²) in [5.74, 6) is -0.551. The van der Waals surface area contributed by atoms with E-state index in [4.69, 9.17) is 0 Å². The fourth-order valence-electron chi connectivity index (χ4n) is 1.33. The highest BCUT2D eigenvalue weighted by molar-refractivity contribution is 7.89. The summed E-state index contributed by atoms with van der Waals surface area (Å²) < 4.78 is 26.0. The molecule has 1 aromatic rings. The van der Waals surface area contributed by atoms with Gasteiger partial charge < -0.3 is 10.4 Å². The number of likely N-dealkylation sites (N-methyl/N-ethyl adjacent to an activating group) is 1. The van der Waals surface area contributed by atoms with Crippen molar-refractivity contribution in [1.29, 1.82) is 0 Å². The molecule has 0 aromatic heterocycles. The molecule has 1 unspecified atom stereocenters. The van der Waals surface area contributed by atoms with Crippen molar-refractivity contribution in [2.24, 2.45) is 0 Å². The van der Waals surface area contributed by atoms with Crippen LogP contribution in [0.4, 0.5) is 0 Å². The highest BCUT2D eigenvalue weighted by atomic mass is 32.2. The molecule has 6 nitrogen and oxygen atoms in total. The smallest absolute Gasteiger partial charge is 0.241 e. The minimum Gasteiger partial charge on any atom is -0.508 e. The molecular weight excluding hydrogens is 256 g/mol. The largest absolute Gasteiger partial charge is 0.508 e. The molecule has 0 aliphatic heterocycles. The number of rotatable bonds is 5. The lowest BCUT2D eigenvalue weighted by Gasteiger charge is -2.13. The molecule has 1 aromatic carbocycles. The van der Waals surface area contributed by atoms with Gasteiger partial charge in [0.05, 0.1) is 10.9 Å². The van der Waals surface area contributed by atoms with Crippen LogP contribution in [-0.4, -0.2) is 32.0 Å². The minimum absolute atomic E-state index is 0.0846. The van der Waals surface area contributed by atoms with E-state index < -0.39 is 22.0 Å².